The van der Waals surface area contributed by atoms with E-state index in [9.17, 15) is 0 Å². The summed E-state index contributed by atoms with van der Waals surface area (Å²) in [4.78, 5) is 0. The highest BCUT2D eigenvalue weighted by atomic mass is 79.9. The number of halogens is 1. The number of rotatable bonds is 3. The van der Waals surface area contributed by atoms with E-state index in [4.69, 9.17) is 0 Å². The van der Waals surface area contributed by atoms with Crippen LogP contribution in [0.3, 0.4) is 0 Å². The van der Waals surface area contributed by atoms with Crippen molar-refractivity contribution >= 4 is 15.9 Å². The fourth-order valence-electron chi connectivity index (χ4n) is 2.77. The molecule has 0 saturated carbocycles. The second-order valence-electron chi connectivity index (χ2n) is 8.48. The van der Waals surface area contributed by atoms with E-state index in [1.807, 2.05) is 0 Å². The van der Waals surface area contributed by atoms with Crippen molar-refractivity contribution in [3.63, 3.8) is 0 Å². The third kappa shape index (κ3) is 4.70. The van der Waals surface area contributed by atoms with Gasteiger partial charge >= 0.3 is 0 Å². The standard InChI is InChI=1S/C22H29Br/c1-21(2,3)18-14-17(13-12-16-10-8-7-9-11-16)20(23)19(15-18)22(4,5)6/h7-11,14-15H,12-13H2,1-6H3. The molecule has 0 saturated heterocycles. The zero-order valence-corrected chi connectivity index (χ0v) is 16.9. The molecular formula is C22H29Br. The van der Waals surface area contributed by atoms with Crippen molar-refractivity contribution in [2.24, 2.45) is 0 Å². The predicted molar refractivity (Wildman–Crippen MR) is 105 cm³/mol. The van der Waals surface area contributed by atoms with Crippen LogP contribution >= 0.6 is 15.9 Å². The van der Waals surface area contributed by atoms with E-state index in [0.29, 0.717) is 0 Å². The van der Waals surface area contributed by atoms with Gasteiger partial charge in [-0.15, -0.1) is 0 Å². The van der Waals surface area contributed by atoms with Gasteiger partial charge in [0.15, 0.2) is 0 Å². The Morgan fingerprint density at radius 3 is 1.91 bits per heavy atom. The van der Waals surface area contributed by atoms with Crippen molar-refractivity contribution in [3.8, 4) is 0 Å². The van der Waals surface area contributed by atoms with Crippen LogP contribution in [0.2, 0.25) is 0 Å². The first kappa shape index (κ1) is 18.3. The minimum atomic E-state index is 0.140. The fourth-order valence-corrected chi connectivity index (χ4v) is 3.79. The van der Waals surface area contributed by atoms with E-state index < -0.39 is 0 Å². The van der Waals surface area contributed by atoms with Gasteiger partial charge < -0.3 is 0 Å². The highest BCUT2D eigenvalue weighted by molar-refractivity contribution is 9.10. The van der Waals surface area contributed by atoms with Crippen LogP contribution in [0.25, 0.3) is 0 Å². The molecule has 0 unspecified atom stereocenters. The Bertz CT molecular complexity index is 655. The minimum Gasteiger partial charge on any atom is -0.0622 e. The van der Waals surface area contributed by atoms with E-state index >= 15 is 0 Å². The van der Waals surface area contributed by atoms with Crippen molar-refractivity contribution in [3.05, 3.63) is 69.2 Å². The summed E-state index contributed by atoms with van der Waals surface area (Å²) in [5.41, 5.74) is 5.97. The van der Waals surface area contributed by atoms with E-state index in [-0.39, 0.29) is 10.8 Å². The van der Waals surface area contributed by atoms with E-state index in [0.717, 1.165) is 12.8 Å². The lowest BCUT2D eigenvalue weighted by atomic mass is 9.79. The Labute approximate surface area is 150 Å². The Balaban J connectivity index is 2.41. The molecule has 2 rings (SSSR count). The quantitative estimate of drug-likeness (QED) is 0.553. The van der Waals surface area contributed by atoms with Crippen LogP contribution in [0.5, 0.6) is 0 Å². The monoisotopic (exact) mass is 372 g/mol. The van der Waals surface area contributed by atoms with E-state index in [1.54, 1.807) is 0 Å². The largest absolute Gasteiger partial charge is 0.0622 e. The van der Waals surface area contributed by atoms with Gasteiger partial charge in [0.2, 0.25) is 0 Å². The highest BCUT2D eigenvalue weighted by Crippen LogP contribution is 2.37. The van der Waals surface area contributed by atoms with Gasteiger partial charge in [-0.25, -0.2) is 0 Å². The molecule has 0 heterocycles. The maximum Gasteiger partial charge on any atom is 0.0244 e. The normalized spacial score (nSPS) is 12.5. The molecule has 0 atom stereocenters. The van der Waals surface area contributed by atoms with Crippen LogP contribution in [0.4, 0.5) is 0 Å². The van der Waals surface area contributed by atoms with Crippen LogP contribution in [-0.4, -0.2) is 0 Å². The molecule has 23 heavy (non-hydrogen) atoms. The van der Waals surface area contributed by atoms with Gasteiger partial charge in [-0.1, -0.05) is 99.9 Å². The molecule has 2 aromatic carbocycles. The molecule has 0 aliphatic carbocycles. The molecular weight excluding hydrogens is 344 g/mol. The molecule has 0 aliphatic heterocycles. The number of aryl methyl sites for hydroxylation is 2. The van der Waals surface area contributed by atoms with Crippen LogP contribution in [-0.2, 0) is 23.7 Å². The summed E-state index contributed by atoms with van der Waals surface area (Å²) >= 11 is 3.89. The van der Waals surface area contributed by atoms with Gasteiger partial charge in [-0.2, -0.15) is 0 Å². The van der Waals surface area contributed by atoms with E-state index in [2.05, 4.69) is 99.9 Å². The summed E-state index contributed by atoms with van der Waals surface area (Å²) in [5.74, 6) is 0. The second-order valence-corrected chi connectivity index (χ2v) is 9.28. The maximum atomic E-state index is 3.89. The summed E-state index contributed by atoms with van der Waals surface area (Å²) in [7, 11) is 0. The summed E-state index contributed by atoms with van der Waals surface area (Å²) in [6.45, 7) is 13.8. The van der Waals surface area contributed by atoms with Gasteiger partial charge in [0, 0.05) is 4.47 Å². The van der Waals surface area contributed by atoms with Gasteiger partial charge in [0.25, 0.3) is 0 Å². The molecule has 0 N–H and O–H groups in total. The molecule has 0 aromatic heterocycles. The number of benzene rings is 2. The molecule has 0 nitrogen and oxygen atoms in total. The maximum absolute atomic E-state index is 3.89. The van der Waals surface area contributed by atoms with Crippen molar-refractivity contribution < 1.29 is 0 Å². The highest BCUT2D eigenvalue weighted by Gasteiger charge is 2.23. The third-order valence-electron chi connectivity index (χ3n) is 4.35. The van der Waals surface area contributed by atoms with Crippen molar-refractivity contribution in [2.75, 3.05) is 0 Å². The van der Waals surface area contributed by atoms with Crippen LogP contribution in [0, 0.1) is 0 Å². The topological polar surface area (TPSA) is 0 Å². The molecule has 0 fully saturated rings. The van der Waals surface area contributed by atoms with E-state index in [1.165, 1.54) is 26.7 Å². The molecule has 0 aliphatic rings. The lowest BCUT2D eigenvalue weighted by molar-refractivity contribution is 0.564. The SMILES string of the molecule is CC(C)(C)c1cc(CCc2ccccc2)c(Br)c(C(C)(C)C)c1. The first-order valence-corrected chi connectivity index (χ1v) is 9.25. The Hall–Kier alpha value is -1.08. The molecule has 0 spiro atoms. The van der Waals surface area contributed by atoms with Crippen molar-refractivity contribution in [1.29, 1.82) is 0 Å². The minimum absolute atomic E-state index is 0.140. The van der Waals surface area contributed by atoms with Crippen LogP contribution < -0.4 is 0 Å². The summed E-state index contributed by atoms with van der Waals surface area (Å²) in [5, 5.41) is 0. The van der Waals surface area contributed by atoms with Crippen LogP contribution in [0.15, 0.2) is 46.9 Å². The average molecular weight is 373 g/mol. The first-order valence-electron chi connectivity index (χ1n) is 8.46. The zero-order chi connectivity index (χ0) is 17.3. The average Bonchev–Trinajstić information content (AvgIpc) is 2.44. The third-order valence-corrected chi connectivity index (χ3v) is 5.28. The molecule has 1 heteroatoms. The summed E-state index contributed by atoms with van der Waals surface area (Å²) in [6.07, 6.45) is 2.15. The molecule has 0 amide bonds. The molecule has 124 valence electrons. The second kappa shape index (κ2) is 6.81. The smallest absolute Gasteiger partial charge is 0.0244 e. The predicted octanol–water partition coefficient (Wildman–Crippen LogP) is 6.83. The lowest BCUT2D eigenvalue weighted by Crippen LogP contribution is -2.18. The fraction of sp³-hybridized carbons (Fsp3) is 0.455. The van der Waals surface area contributed by atoms with Crippen molar-refractivity contribution in [2.45, 2.75) is 65.2 Å². The zero-order valence-electron chi connectivity index (χ0n) is 15.3. The van der Waals surface area contributed by atoms with Gasteiger partial charge in [0.1, 0.15) is 0 Å². The van der Waals surface area contributed by atoms with Crippen LogP contribution in [0.1, 0.15) is 63.8 Å². The summed E-state index contributed by atoms with van der Waals surface area (Å²) < 4.78 is 1.29. The number of hydrogen-bond donors (Lipinski definition) is 0. The molecule has 0 bridgehead atoms. The lowest BCUT2D eigenvalue weighted by Gasteiger charge is -2.28. The van der Waals surface area contributed by atoms with Gasteiger partial charge in [-0.3, -0.25) is 0 Å². The van der Waals surface area contributed by atoms with Gasteiger partial charge in [0.05, 0.1) is 0 Å². The van der Waals surface area contributed by atoms with Crippen molar-refractivity contribution in [1.82, 2.24) is 0 Å². The van der Waals surface area contributed by atoms with Gasteiger partial charge in [-0.05, 0) is 45.9 Å². The first-order chi connectivity index (χ1) is 10.6. The molecule has 2 aromatic rings. The molecule has 0 radical (unpaired) electrons. The number of hydrogen-bond acceptors (Lipinski definition) is 0. The Morgan fingerprint density at radius 1 is 0.783 bits per heavy atom. The Morgan fingerprint density at radius 2 is 1.39 bits per heavy atom. The summed E-state index contributed by atoms with van der Waals surface area (Å²) in [6, 6.07) is 15.5. The Kier molecular flexibility index (Phi) is 5.41.